The van der Waals surface area contributed by atoms with E-state index in [1.54, 1.807) is 0 Å². The Morgan fingerprint density at radius 1 is 1.26 bits per heavy atom. The maximum atomic E-state index is 12.2. The molecule has 1 aliphatic heterocycles. The Hall–Kier alpha value is -1.07. The molecule has 0 aromatic heterocycles. The van der Waals surface area contributed by atoms with Gasteiger partial charge in [0.05, 0.1) is 11.4 Å². The minimum atomic E-state index is -3.25. The van der Waals surface area contributed by atoms with Crippen LogP contribution in [0, 0.1) is 19.8 Å². The molecule has 1 heterocycles. The van der Waals surface area contributed by atoms with Crippen molar-refractivity contribution in [1.29, 1.82) is 0 Å². The maximum Gasteiger partial charge on any atom is 0.233 e. The monoisotopic (exact) mass is 282 g/mol. The van der Waals surface area contributed by atoms with Crippen LogP contribution in [0.15, 0.2) is 18.2 Å². The third kappa shape index (κ3) is 4.21. The normalized spacial score (nSPS) is 17.4. The van der Waals surface area contributed by atoms with Crippen LogP contribution < -0.4 is 10.0 Å². The van der Waals surface area contributed by atoms with E-state index in [-0.39, 0.29) is 11.7 Å². The van der Waals surface area contributed by atoms with Gasteiger partial charge in [0.25, 0.3) is 0 Å². The Morgan fingerprint density at radius 2 is 1.95 bits per heavy atom. The fourth-order valence-corrected chi connectivity index (χ4v) is 4.10. The molecule has 2 rings (SSSR count). The molecule has 0 bridgehead atoms. The highest BCUT2D eigenvalue weighted by Crippen LogP contribution is 2.20. The molecule has 0 atom stereocenters. The van der Waals surface area contributed by atoms with Crippen LogP contribution in [-0.4, -0.2) is 27.3 Å². The van der Waals surface area contributed by atoms with E-state index in [2.05, 4.69) is 10.0 Å². The quantitative estimate of drug-likeness (QED) is 0.888. The molecule has 0 amide bonds. The summed E-state index contributed by atoms with van der Waals surface area (Å²) in [4.78, 5) is 0. The molecule has 1 fully saturated rings. The number of anilines is 1. The molecule has 106 valence electrons. The molecule has 1 saturated heterocycles. The van der Waals surface area contributed by atoms with Gasteiger partial charge in [-0.2, -0.15) is 0 Å². The lowest BCUT2D eigenvalue weighted by Gasteiger charge is -2.22. The highest BCUT2D eigenvalue weighted by molar-refractivity contribution is 7.92. The Kier molecular flexibility index (Phi) is 4.47. The van der Waals surface area contributed by atoms with E-state index in [9.17, 15) is 8.42 Å². The van der Waals surface area contributed by atoms with Gasteiger partial charge in [0.15, 0.2) is 0 Å². The lowest BCUT2D eigenvalue weighted by atomic mass is 10.0. The van der Waals surface area contributed by atoms with Crippen molar-refractivity contribution in [3.8, 4) is 0 Å². The molecule has 2 N–H and O–H groups in total. The first-order valence-electron chi connectivity index (χ1n) is 6.75. The van der Waals surface area contributed by atoms with Crippen LogP contribution >= 0.6 is 0 Å². The van der Waals surface area contributed by atoms with E-state index >= 15 is 0 Å². The van der Waals surface area contributed by atoms with Crippen molar-refractivity contribution in [3.63, 3.8) is 0 Å². The predicted octanol–water partition coefficient (Wildman–Crippen LogP) is 2.04. The molecule has 1 aliphatic rings. The lowest BCUT2D eigenvalue weighted by molar-refractivity contribution is 0.402. The Bertz CT molecular complexity index is 534. The van der Waals surface area contributed by atoms with Crippen LogP contribution in [0.2, 0.25) is 0 Å². The summed E-state index contributed by atoms with van der Waals surface area (Å²) in [5.74, 6) is 0.492. The molecule has 0 aliphatic carbocycles. The first-order valence-corrected chi connectivity index (χ1v) is 8.40. The van der Waals surface area contributed by atoms with Crippen molar-refractivity contribution in [3.05, 3.63) is 29.3 Å². The number of aryl methyl sites for hydroxylation is 2. The van der Waals surface area contributed by atoms with Gasteiger partial charge in [0.2, 0.25) is 10.0 Å². The summed E-state index contributed by atoms with van der Waals surface area (Å²) < 4.78 is 27.1. The van der Waals surface area contributed by atoms with Crippen molar-refractivity contribution in [2.24, 2.45) is 5.92 Å². The van der Waals surface area contributed by atoms with Crippen molar-refractivity contribution >= 4 is 15.7 Å². The lowest BCUT2D eigenvalue weighted by Crippen LogP contribution is -2.33. The SMILES string of the molecule is Cc1ccc(NS(=O)(=O)CC2CCNCC2)c(C)c1. The van der Waals surface area contributed by atoms with Crippen molar-refractivity contribution < 1.29 is 8.42 Å². The second-order valence-electron chi connectivity index (χ2n) is 5.40. The van der Waals surface area contributed by atoms with Crippen molar-refractivity contribution in [1.82, 2.24) is 5.32 Å². The molecule has 19 heavy (non-hydrogen) atoms. The van der Waals surface area contributed by atoms with E-state index in [0.717, 1.165) is 37.1 Å². The third-order valence-electron chi connectivity index (χ3n) is 3.56. The van der Waals surface area contributed by atoms with Crippen LogP contribution in [0.25, 0.3) is 0 Å². The number of hydrogen-bond donors (Lipinski definition) is 2. The molecule has 0 spiro atoms. The molecule has 0 radical (unpaired) electrons. The average Bonchev–Trinajstić information content (AvgIpc) is 2.33. The van der Waals surface area contributed by atoms with Gasteiger partial charge in [-0.1, -0.05) is 17.7 Å². The first kappa shape index (κ1) is 14.3. The van der Waals surface area contributed by atoms with Crippen LogP contribution in [0.4, 0.5) is 5.69 Å². The number of hydrogen-bond acceptors (Lipinski definition) is 3. The van der Waals surface area contributed by atoms with Crippen LogP contribution in [-0.2, 0) is 10.0 Å². The summed E-state index contributed by atoms with van der Waals surface area (Å²) in [6.45, 7) is 5.77. The third-order valence-corrected chi connectivity index (χ3v) is 5.00. The zero-order valence-corrected chi connectivity index (χ0v) is 12.4. The predicted molar refractivity (Wildman–Crippen MR) is 78.9 cm³/mol. The van der Waals surface area contributed by atoms with Crippen LogP contribution in [0.3, 0.4) is 0 Å². The van der Waals surface area contributed by atoms with E-state index in [0.29, 0.717) is 5.69 Å². The van der Waals surface area contributed by atoms with E-state index in [1.807, 2.05) is 32.0 Å². The number of nitrogens with one attached hydrogen (secondary N) is 2. The minimum Gasteiger partial charge on any atom is -0.317 e. The summed E-state index contributed by atoms with van der Waals surface area (Å²) >= 11 is 0. The van der Waals surface area contributed by atoms with Gasteiger partial charge in [0, 0.05) is 0 Å². The van der Waals surface area contributed by atoms with Crippen molar-refractivity contribution in [2.75, 3.05) is 23.6 Å². The smallest absolute Gasteiger partial charge is 0.233 e. The van der Waals surface area contributed by atoms with Gasteiger partial charge < -0.3 is 5.32 Å². The molecule has 0 unspecified atom stereocenters. The largest absolute Gasteiger partial charge is 0.317 e. The van der Waals surface area contributed by atoms with Gasteiger partial charge in [-0.15, -0.1) is 0 Å². The first-order chi connectivity index (χ1) is 8.96. The van der Waals surface area contributed by atoms with Gasteiger partial charge >= 0.3 is 0 Å². The second-order valence-corrected chi connectivity index (χ2v) is 7.16. The van der Waals surface area contributed by atoms with Gasteiger partial charge in [0.1, 0.15) is 0 Å². The summed E-state index contributed by atoms with van der Waals surface area (Å²) in [6, 6.07) is 5.75. The summed E-state index contributed by atoms with van der Waals surface area (Å²) in [5.41, 5.74) is 2.80. The van der Waals surface area contributed by atoms with Crippen LogP contribution in [0.1, 0.15) is 24.0 Å². The number of rotatable bonds is 4. The summed E-state index contributed by atoms with van der Waals surface area (Å²) in [5, 5.41) is 3.25. The van der Waals surface area contributed by atoms with Crippen molar-refractivity contribution in [2.45, 2.75) is 26.7 Å². The zero-order valence-electron chi connectivity index (χ0n) is 11.6. The molecule has 1 aromatic rings. The molecule has 5 heteroatoms. The standard InChI is InChI=1S/C14H22N2O2S/c1-11-3-4-14(12(2)9-11)16-19(17,18)10-13-5-7-15-8-6-13/h3-4,9,13,15-16H,5-8,10H2,1-2H3. The topological polar surface area (TPSA) is 58.2 Å². The minimum absolute atomic E-state index is 0.224. The van der Waals surface area contributed by atoms with Gasteiger partial charge in [-0.05, 0) is 57.3 Å². The summed E-state index contributed by atoms with van der Waals surface area (Å²) in [6.07, 6.45) is 1.88. The maximum absolute atomic E-state index is 12.2. The van der Waals surface area contributed by atoms with E-state index in [1.165, 1.54) is 0 Å². The van der Waals surface area contributed by atoms with Gasteiger partial charge in [-0.3, -0.25) is 4.72 Å². The molecule has 0 saturated carbocycles. The Balaban J connectivity index is 2.03. The Labute approximate surface area is 115 Å². The highest BCUT2D eigenvalue weighted by Gasteiger charge is 2.21. The molecular formula is C14H22N2O2S. The number of piperidine rings is 1. The number of benzene rings is 1. The van der Waals surface area contributed by atoms with E-state index in [4.69, 9.17) is 0 Å². The average molecular weight is 282 g/mol. The molecule has 1 aromatic carbocycles. The van der Waals surface area contributed by atoms with Gasteiger partial charge in [-0.25, -0.2) is 8.42 Å². The van der Waals surface area contributed by atoms with Crippen LogP contribution in [0.5, 0.6) is 0 Å². The highest BCUT2D eigenvalue weighted by atomic mass is 32.2. The second kappa shape index (κ2) is 5.92. The fraction of sp³-hybridized carbons (Fsp3) is 0.571. The number of sulfonamides is 1. The fourth-order valence-electron chi connectivity index (χ4n) is 2.50. The molecule has 4 nitrogen and oxygen atoms in total. The molecular weight excluding hydrogens is 260 g/mol. The summed E-state index contributed by atoms with van der Waals surface area (Å²) in [7, 11) is -3.25. The Morgan fingerprint density at radius 3 is 2.58 bits per heavy atom. The van der Waals surface area contributed by atoms with E-state index < -0.39 is 10.0 Å². The zero-order chi connectivity index (χ0) is 13.9.